The predicted molar refractivity (Wildman–Crippen MR) is 48.8 cm³/mol. The zero-order chi connectivity index (χ0) is 9.40. The van der Waals surface area contributed by atoms with E-state index in [-0.39, 0.29) is 0 Å². The van der Waals surface area contributed by atoms with E-state index in [0.717, 1.165) is 11.9 Å². The first-order valence-corrected chi connectivity index (χ1v) is 3.63. The third-order valence-electron chi connectivity index (χ3n) is 1.45. The molecule has 0 aromatic heterocycles. The molecule has 0 radical (unpaired) electrons. The molecule has 0 aliphatic carbocycles. The molecular weight excluding hydrogens is 152 g/mol. The Morgan fingerprint density at radius 1 is 0.917 bits per heavy atom. The predicted octanol–water partition coefficient (Wildman–Crippen LogP) is 1.83. The van der Waals surface area contributed by atoms with Gasteiger partial charge in [0.1, 0.15) is 12.6 Å². The van der Waals surface area contributed by atoms with E-state index in [1.54, 1.807) is 25.2 Å². The van der Waals surface area contributed by atoms with E-state index >= 15 is 0 Å². The number of aldehydes is 2. The lowest BCUT2D eigenvalue weighted by atomic mass is 10.1. The molecule has 64 valence electrons. The van der Waals surface area contributed by atoms with Gasteiger partial charge in [-0.3, -0.25) is 9.59 Å². The van der Waals surface area contributed by atoms with Crippen LogP contribution in [0.1, 0.15) is 13.8 Å². The van der Waals surface area contributed by atoms with Gasteiger partial charge >= 0.3 is 0 Å². The van der Waals surface area contributed by atoms with Gasteiger partial charge in [0.05, 0.1) is 0 Å². The molecule has 2 nitrogen and oxygen atoms in total. The van der Waals surface area contributed by atoms with Crippen LogP contribution in [0.15, 0.2) is 35.5 Å². The van der Waals surface area contributed by atoms with Crippen LogP contribution in [0.25, 0.3) is 0 Å². The van der Waals surface area contributed by atoms with E-state index < -0.39 is 0 Å². The van der Waals surface area contributed by atoms with Gasteiger partial charge in [0, 0.05) is 0 Å². The Bertz CT molecular complexity index is 245. The molecule has 2 heteroatoms. The second kappa shape index (κ2) is 6.28. The lowest BCUT2D eigenvalue weighted by molar-refractivity contribution is -0.105. The topological polar surface area (TPSA) is 34.1 Å². The number of carbonyl (C=O) groups excluding carboxylic acids is 2. The maximum Gasteiger partial charge on any atom is 0.146 e. The highest BCUT2D eigenvalue weighted by atomic mass is 16.1. The molecule has 0 aromatic rings. The highest BCUT2D eigenvalue weighted by Gasteiger charge is 1.87. The highest BCUT2D eigenvalue weighted by Crippen LogP contribution is 2.01. The fraction of sp³-hybridized carbons (Fsp3) is 0.200. The summed E-state index contributed by atoms with van der Waals surface area (Å²) in [4.78, 5) is 20.1. The normalized spacial score (nSPS) is 13.5. The molecule has 0 atom stereocenters. The van der Waals surface area contributed by atoms with Gasteiger partial charge in [-0.25, -0.2) is 0 Å². The minimum atomic E-state index is 0.700. The Morgan fingerprint density at radius 2 is 1.58 bits per heavy atom. The zero-order valence-corrected chi connectivity index (χ0v) is 7.28. The van der Waals surface area contributed by atoms with Crippen LogP contribution >= 0.6 is 0 Å². The van der Waals surface area contributed by atoms with E-state index in [1.165, 1.54) is 6.08 Å². The van der Waals surface area contributed by atoms with Gasteiger partial charge in [-0.2, -0.15) is 0 Å². The van der Waals surface area contributed by atoms with Crippen molar-refractivity contribution in [3.63, 3.8) is 0 Å². The molecule has 0 N–H and O–H groups in total. The van der Waals surface area contributed by atoms with E-state index in [0.29, 0.717) is 11.9 Å². The molecule has 12 heavy (non-hydrogen) atoms. The fourth-order valence-electron chi connectivity index (χ4n) is 0.534. The van der Waals surface area contributed by atoms with Gasteiger partial charge in [-0.1, -0.05) is 18.2 Å². The van der Waals surface area contributed by atoms with Crippen LogP contribution in [0, 0.1) is 0 Å². The summed E-state index contributed by atoms with van der Waals surface area (Å²) < 4.78 is 0. The monoisotopic (exact) mass is 164 g/mol. The van der Waals surface area contributed by atoms with Gasteiger partial charge in [0.25, 0.3) is 0 Å². The molecule has 0 fully saturated rings. The van der Waals surface area contributed by atoms with Crippen LogP contribution in [0.2, 0.25) is 0 Å². The number of hydrogen-bond donors (Lipinski definition) is 0. The summed E-state index contributed by atoms with van der Waals surface area (Å²) in [5.41, 5.74) is 1.60. The van der Waals surface area contributed by atoms with Crippen molar-refractivity contribution in [3.8, 4) is 0 Å². The van der Waals surface area contributed by atoms with Crippen LogP contribution in [0.5, 0.6) is 0 Å². The van der Waals surface area contributed by atoms with Crippen molar-refractivity contribution in [2.24, 2.45) is 0 Å². The summed E-state index contributed by atoms with van der Waals surface area (Å²) in [6, 6.07) is 0. The van der Waals surface area contributed by atoms with Crippen LogP contribution in [0.3, 0.4) is 0 Å². The van der Waals surface area contributed by atoms with Crippen molar-refractivity contribution >= 4 is 12.6 Å². The van der Waals surface area contributed by atoms with Crippen LogP contribution in [-0.2, 0) is 9.59 Å². The average molecular weight is 164 g/mol. The maximum absolute atomic E-state index is 10.3. The van der Waals surface area contributed by atoms with E-state index in [9.17, 15) is 9.59 Å². The molecular formula is C10H12O2. The largest absolute Gasteiger partial charge is 0.299 e. The second-order valence-electron chi connectivity index (χ2n) is 2.36. The quantitative estimate of drug-likeness (QED) is 0.361. The van der Waals surface area contributed by atoms with Gasteiger partial charge < -0.3 is 0 Å². The van der Waals surface area contributed by atoms with E-state index in [2.05, 4.69) is 0 Å². The lowest BCUT2D eigenvalue weighted by Gasteiger charge is -1.91. The van der Waals surface area contributed by atoms with Gasteiger partial charge in [0.15, 0.2) is 0 Å². The molecule has 0 aliphatic rings. The molecule has 0 bridgehead atoms. The highest BCUT2D eigenvalue weighted by molar-refractivity contribution is 5.74. The summed E-state index contributed by atoms with van der Waals surface area (Å²) in [7, 11) is 0. The van der Waals surface area contributed by atoms with Crippen molar-refractivity contribution in [2.75, 3.05) is 0 Å². The fourth-order valence-corrected chi connectivity index (χ4v) is 0.534. The van der Waals surface area contributed by atoms with Crippen LogP contribution in [-0.4, -0.2) is 12.6 Å². The molecule has 0 amide bonds. The van der Waals surface area contributed by atoms with Crippen molar-refractivity contribution in [2.45, 2.75) is 13.8 Å². The van der Waals surface area contributed by atoms with Gasteiger partial charge in [0.2, 0.25) is 0 Å². The lowest BCUT2D eigenvalue weighted by Crippen LogP contribution is -1.80. The van der Waals surface area contributed by atoms with E-state index in [4.69, 9.17) is 0 Å². The third-order valence-corrected chi connectivity index (χ3v) is 1.45. The number of allylic oxidation sites excluding steroid dienone is 6. The third kappa shape index (κ3) is 4.39. The van der Waals surface area contributed by atoms with Gasteiger partial charge in [-0.05, 0) is 31.1 Å². The first-order chi connectivity index (χ1) is 5.72. The summed E-state index contributed by atoms with van der Waals surface area (Å²) in [6.07, 6.45) is 8.02. The van der Waals surface area contributed by atoms with Crippen LogP contribution < -0.4 is 0 Å². The number of rotatable bonds is 4. The average Bonchev–Trinajstić information content (AvgIpc) is 2.10. The Kier molecular flexibility index (Phi) is 5.53. The van der Waals surface area contributed by atoms with Crippen molar-refractivity contribution in [1.82, 2.24) is 0 Å². The second-order valence-corrected chi connectivity index (χ2v) is 2.36. The summed E-state index contributed by atoms with van der Waals surface area (Å²) in [5, 5.41) is 0. The summed E-state index contributed by atoms with van der Waals surface area (Å²) in [6.45, 7) is 3.59. The molecule has 0 rings (SSSR count). The SMILES string of the molecule is CC(C=O)=C(C)C=CC=CC=O. The molecule has 0 heterocycles. The smallest absolute Gasteiger partial charge is 0.146 e. The Labute approximate surface area is 72.3 Å². The standard InChI is InChI=1S/C10H12O2/c1-9(10(2)8-12)6-4-3-5-7-11/h3-8H,1-2H3. The van der Waals surface area contributed by atoms with Gasteiger partial charge in [-0.15, -0.1) is 0 Å². The number of hydrogen-bond acceptors (Lipinski definition) is 2. The first kappa shape index (κ1) is 10.6. The minimum Gasteiger partial charge on any atom is -0.299 e. The Hall–Kier alpha value is -1.44. The van der Waals surface area contributed by atoms with Crippen molar-refractivity contribution < 1.29 is 9.59 Å². The van der Waals surface area contributed by atoms with E-state index in [1.807, 2.05) is 6.92 Å². The van der Waals surface area contributed by atoms with Crippen LogP contribution in [0.4, 0.5) is 0 Å². The Morgan fingerprint density at radius 3 is 2.08 bits per heavy atom. The zero-order valence-electron chi connectivity index (χ0n) is 7.28. The first-order valence-electron chi connectivity index (χ1n) is 3.63. The minimum absolute atomic E-state index is 0.700. The molecule has 0 saturated heterocycles. The maximum atomic E-state index is 10.3. The van der Waals surface area contributed by atoms with Crippen molar-refractivity contribution in [3.05, 3.63) is 35.5 Å². The molecule has 0 saturated carbocycles. The molecule has 0 aromatic carbocycles. The number of carbonyl (C=O) groups is 2. The molecule has 0 unspecified atom stereocenters. The Balaban J connectivity index is 4.25. The summed E-state index contributed by atoms with van der Waals surface area (Å²) in [5.74, 6) is 0. The summed E-state index contributed by atoms with van der Waals surface area (Å²) >= 11 is 0. The molecule has 0 aliphatic heterocycles. The van der Waals surface area contributed by atoms with Crippen molar-refractivity contribution in [1.29, 1.82) is 0 Å². The molecule has 0 spiro atoms.